The molecule has 0 aliphatic carbocycles. The summed E-state index contributed by atoms with van der Waals surface area (Å²) < 4.78 is 8.28. The summed E-state index contributed by atoms with van der Waals surface area (Å²) in [5.41, 5.74) is 0. The first kappa shape index (κ1) is 17.0. The van der Waals surface area contributed by atoms with E-state index in [4.69, 9.17) is 4.46 Å². The van der Waals surface area contributed by atoms with Gasteiger partial charge in [-0.3, -0.25) is 0 Å². The van der Waals surface area contributed by atoms with Crippen LogP contribution in [0.1, 0.15) is 0 Å². The van der Waals surface area contributed by atoms with Crippen molar-refractivity contribution in [1.82, 2.24) is 0 Å². The van der Waals surface area contributed by atoms with Crippen LogP contribution >= 0.6 is 0 Å². The average Bonchev–Trinajstić information content (AvgIpc) is 1.00. The van der Waals surface area contributed by atoms with E-state index in [1.54, 1.807) is 0 Å². The van der Waals surface area contributed by atoms with Gasteiger partial charge < -0.3 is 4.46 Å². The third kappa shape index (κ3) is 9.17. The van der Waals surface area contributed by atoms with Crippen molar-refractivity contribution in [3.05, 3.63) is 0 Å². The molecule has 0 amide bonds. The fraction of sp³-hybridized carbons (Fsp3) is 0. The average molecular weight is 239 g/mol. The summed E-state index contributed by atoms with van der Waals surface area (Å²) in [6, 6.07) is 0. The van der Waals surface area contributed by atoms with E-state index in [0.717, 1.165) is 0 Å². The van der Waals surface area contributed by atoms with Gasteiger partial charge in [0, 0.05) is 38.2 Å². The van der Waals surface area contributed by atoms with Crippen LogP contribution in [-0.2, 0) is 4.46 Å². The molecule has 28 valence electrons. The maximum Gasteiger partial charge on any atom is 0.245 e. The maximum absolute atomic E-state index is 8.28. The van der Waals surface area contributed by atoms with Crippen molar-refractivity contribution in [2.75, 3.05) is 0 Å². The van der Waals surface area contributed by atoms with Gasteiger partial charge in [-0.1, -0.05) is 0 Å². The first-order chi connectivity index (χ1) is 1.00. The Balaban J connectivity index is -0.00000000500. The number of hydrogen-bond donors (Lipinski definition) is 0. The zero-order valence-corrected chi connectivity index (χ0v) is 4.87. The smallest absolute Gasteiger partial charge is 0.245 e. The van der Waals surface area contributed by atoms with E-state index >= 15 is 0 Å². The molecule has 0 aromatic rings. The van der Waals surface area contributed by atoms with Crippen LogP contribution in [0.4, 0.5) is 0 Å². The van der Waals surface area contributed by atoms with E-state index in [0.29, 0.717) is 10.1 Å². The monoisotopic (exact) mass is 240 g/mol. The zero-order chi connectivity index (χ0) is 2.00. The van der Waals surface area contributed by atoms with Crippen molar-refractivity contribution in [3.63, 3.8) is 0 Å². The second-order valence-corrected chi connectivity index (χ2v) is 0. The Hall–Kier alpha value is 1.82. The Morgan fingerprint density at radius 2 is 1.25 bits per heavy atom. The second kappa shape index (κ2) is 21.2. The van der Waals surface area contributed by atoms with Crippen molar-refractivity contribution in [1.29, 1.82) is 0 Å². The summed E-state index contributed by atoms with van der Waals surface area (Å²) in [6.07, 6.45) is 0. The molecule has 0 heterocycles. The minimum Gasteiger partial charge on any atom is -0.396 e. The zero-order valence-electron chi connectivity index (χ0n) is 1.43. The second-order valence-electron chi connectivity index (χ2n) is 0. The molecule has 0 spiro atoms. The van der Waals surface area contributed by atoms with Gasteiger partial charge in [0.05, 0.1) is 0 Å². The Kier molecular flexibility index (Phi) is 90.2. The number of rotatable bonds is 0. The largest absolute Gasteiger partial charge is 0.396 e. The third-order valence-corrected chi connectivity index (χ3v) is 0. The molecular formula is H5AlDyOSi. The van der Waals surface area contributed by atoms with Gasteiger partial charge in [-0.15, -0.1) is 0 Å². The van der Waals surface area contributed by atoms with Gasteiger partial charge >= 0.3 is 0 Å². The molecule has 0 saturated carbocycles. The SMILES string of the molecule is O=[SiH2].[AlH3].[Dy]. The quantitative estimate of drug-likeness (QED) is 0.437. The van der Waals surface area contributed by atoms with Gasteiger partial charge in [0.25, 0.3) is 0 Å². The van der Waals surface area contributed by atoms with Gasteiger partial charge in [-0.2, -0.15) is 0 Å². The minimum absolute atomic E-state index is 0. The van der Waals surface area contributed by atoms with Crippen LogP contribution in [0.5, 0.6) is 0 Å². The van der Waals surface area contributed by atoms with Crippen LogP contribution in [0.25, 0.3) is 0 Å². The summed E-state index contributed by atoms with van der Waals surface area (Å²) in [5.74, 6) is 0. The molecule has 0 atom stereocenters. The van der Waals surface area contributed by atoms with E-state index < -0.39 is 0 Å². The van der Waals surface area contributed by atoms with E-state index in [1.807, 2.05) is 0 Å². The van der Waals surface area contributed by atoms with Crippen LogP contribution in [0.2, 0.25) is 0 Å². The van der Waals surface area contributed by atoms with Gasteiger partial charge in [-0.05, 0) is 0 Å². The number of hydrogen-bond acceptors (Lipinski definition) is 1. The van der Waals surface area contributed by atoms with Crippen molar-refractivity contribution < 1.29 is 42.6 Å². The molecule has 4 heteroatoms. The molecular weight excluding hydrogens is 234 g/mol. The maximum atomic E-state index is 8.28. The third-order valence-electron chi connectivity index (χ3n) is 0. The summed E-state index contributed by atoms with van der Waals surface area (Å²) in [6.45, 7) is 0. The molecule has 0 rings (SSSR count). The van der Waals surface area contributed by atoms with E-state index in [1.165, 1.54) is 0 Å². The standard InChI is InChI=1S/Al.Dy.H2OSi.3H/c;;1-2;;;/h;;2H2;;;. The normalized spacial score (nSPS) is 1.00. The molecule has 0 aliphatic heterocycles. The Morgan fingerprint density at radius 1 is 1.25 bits per heavy atom. The van der Waals surface area contributed by atoms with Crippen molar-refractivity contribution in [2.24, 2.45) is 0 Å². The Morgan fingerprint density at radius 3 is 1.25 bits per heavy atom. The fourth-order valence-electron chi connectivity index (χ4n) is 0. The molecule has 0 aliphatic rings. The summed E-state index contributed by atoms with van der Waals surface area (Å²) in [4.78, 5) is 0. The summed E-state index contributed by atoms with van der Waals surface area (Å²) >= 11 is 0. The Labute approximate surface area is 69.2 Å². The van der Waals surface area contributed by atoms with Crippen LogP contribution in [0, 0.1) is 38.2 Å². The summed E-state index contributed by atoms with van der Waals surface area (Å²) in [7, 11) is 0.611. The predicted molar refractivity (Wildman–Crippen MR) is 19.2 cm³/mol. The molecule has 0 N–H and O–H groups in total. The van der Waals surface area contributed by atoms with Crippen LogP contribution in [-0.4, -0.2) is 27.5 Å². The van der Waals surface area contributed by atoms with Crippen LogP contribution in [0.3, 0.4) is 0 Å². The van der Waals surface area contributed by atoms with E-state index in [2.05, 4.69) is 0 Å². The van der Waals surface area contributed by atoms with Crippen molar-refractivity contribution in [2.45, 2.75) is 0 Å². The molecule has 0 unspecified atom stereocenters. The van der Waals surface area contributed by atoms with E-state index in [-0.39, 0.29) is 55.5 Å². The topological polar surface area (TPSA) is 17.1 Å². The van der Waals surface area contributed by atoms with Gasteiger partial charge in [-0.25, -0.2) is 0 Å². The van der Waals surface area contributed by atoms with Crippen LogP contribution in [0.15, 0.2) is 0 Å². The molecule has 0 aromatic carbocycles. The molecule has 0 saturated heterocycles. The first-order valence-electron chi connectivity index (χ1n) is 0.289. The molecule has 0 fully saturated rings. The van der Waals surface area contributed by atoms with Crippen molar-refractivity contribution >= 4 is 27.5 Å². The molecule has 1 nitrogen and oxygen atoms in total. The summed E-state index contributed by atoms with van der Waals surface area (Å²) in [5, 5.41) is 0. The minimum atomic E-state index is 0. The van der Waals surface area contributed by atoms with Gasteiger partial charge in [0.2, 0.25) is 10.1 Å². The molecule has 0 bridgehead atoms. The van der Waals surface area contributed by atoms with Crippen LogP contribution < -0.4 is 0 Å². The first-order valence-corrected chi connectivity index (χ1v) is 0.866. The Bertz CT molecular complexity index is 8.00. The molecule has 4 heavy (non-hydrogen) atoms. The van der Waals surface area contributed by atoms with Crippen molar-refractivity contribution in [3.8, 4) is 0 Å². The predicted octanol–water partition coefficient (Wildman–Crippen LogP) is -2.22. The van der Waals surface area contributed by atoms with Gasteiger partial charge in [0.15, 0.2) is 17.4 Å². The van der Waals surface area contributed by atoms with Gasteiger partial charge in [0.1, 0.15) is 0 Å². The molecule has 0 radical (unpaired) electrons. The fourth-order valence-corrected chi connectivity index (χ4v) is 0. The van der Waals surface area contributed by atoms with E-state index in [9.17, 15) is 0 Å². The molecule has 0 aromatic heterocycles.